The molecule has 2 aliphatic rings. The van der Waals surface area contributed by atoms with Gasteiger partial charge in [0.25, 0.3) is 0 Å². The minimum atomic E-state index is -1.03. The highest BCUT2D eigenvalue weighted by Crippen LogP contribution is 2.29. The number of rotatable bonds is 4. The Labute approximate surface area is 168 Å². The van der Waals surface area contributed by atoms with Crippen molar-refractivity contribution in [3.05, 3.63) is 54.1 Å². The quantitative estimate of drug-likeness (QED) is 0.847. The van der Waals surface area contributed by atoms with Crippen LogP contribution in [-0.4, -0.2) is 31.4 Å². The van der Waals surface area contributed by atoms with E-state index in [2.05, 4.69) is 10.2 Å². The lowest BCUT2D eigenvalue weighted by atomic mass is 10.1. The molecule has 2 fully saturated rings. The fourth-order valence-electron chi connectivity index (χ4n) is 3.95. The maximum absolute atomic E-state index is 13.3. The van der Waals surface area contributed by atoms with Crippen molar-refractivity contribution < 1.29 is 18.4 Å². The summed E-state index contributed by atoms with van der Waals surface area (Å²) in [4.78, 5) is 28.9. The molecular weight excluding hydrogens is 376 g/mol. The maximum Gasteiger partial charge on any atom is 0.229 e. The molecule has 2 aliphatic heterocycles. The van der Waals surface area contributed by atoms with Crippen LogP contribution in [0.3, 0.4) is 0 Å². The average molecular weight is 399 g/mol. The Morgan fingerprint density at radius 1 is 0.931 bits per heavy atom. The highest BCUT2D eigenvalue weighted by molar-refractivity contribution is 6.03. The normalized spacial score (nSPS) is 19.5. The minimum absolute atomic E-state index is 0.0867. The molecule has 0 aromatic heterocycles. The van der Waals surface area contributed by atoms with Crippen molar-refractivity contribution >= 4 is 28.9 Å². The summed E-state index contributed by atoms with van der Waals surface area (Å²) < 4.78 is 26.4. The number of hydrogen-bond acceptors (Lipinski definition) is 3. The second-order valence-electron chi connectivity index (χ2n) is 7.59. The Morgan fingerprint density at radius 3 is 2.31 bits per heavy atom. The SMILES string of the molecule is O=C(Nc1ccc(F)c(F)c1)C1CC(=O)N(c2ccc(N3CCCCC3)cc2)C1. The van der Waals surface area contributed by atoms with Crippen LogP contribution in [0.4, 0.5) is 25.8 Å². The van der Waals surface area contributed by atoms with Gasteiger partial charge in [-0.05, 0) is 55.7 Å². The molecular formula is C22H23F2N3O2. The number of nitrogens with one attached hydrogen (secondary N) is 1. The van der Waals surface area contributed by atoms with Crippen molar-refractivity contribution in [1.29, 1.82) is 0 Å². The molecule has 0 aliphatic carbocycles. The van der Waals surface area contributed by atoms with Crippen molar-refractivity contribution in [3.8, 4) is 0 Å². The molecule has 0 saturated carbocycles. The van der Waals surface area contributed by atoms with Gasteiger partial charge in [-0.2, -0.15) is 0 Å². The van der Waals surface area contributed by atoms with E-state index in [0.717, 1.165) is 36.6 Å². The molecule has 29 heavy (non-hydrogen) atoms. The first-order chi connectivity index (χ1) is 14.0. The van der Waals surface area contributed by atoms with Crippen LogP contribution in [0.25, 0.3) is 0 Å². The van der Waals surface area contributed by atoms with Gasteiger partial charge >= 0.3 is 0 Å². The Bertz CT molecular complexity index is 911. The Kier molecular flexibility index (Phi) is 5.47. The van der Waals surface area contributed by atoms with Gasteiger partial charge in [-0.3, -0.25) is 9.59 Å². The molecule has 0 bridgehead atoms. The van der Waals surface area contributed by atoms with E-state index in [1.807, 2.05) is 24.3 Å². The van der Waals surface area contributed by atoms with E-state index in [9.17, 15) is 18.4 Å². The second-order valence-corrected chi connectivity index (χ2v) is 7.59. The zero-order valence-electron chi connectivity index (χ0n) is 16.0. The summed E-state index contributed by atoms with van der Waals surface area (Å²) in [5.41, 5.74) is 2.08. The van der Waals surface area contributed by atoms with Crippen LogP contribution in [0, 0.1) is 17.6 Å². The van der Waals surface area contributed by atoms with Crippen LogP contribution < -0.4 is 15.1 Å². The van der Waals surface area contributed by atoms with Crippen molar-refractivity contribution in [1.82, 2.24) is 0 Å². The van der Waals surface area contributed by atoms with Crippen LogP contribution in [-0.2, 0) is 9.59 Å². The first-order valence-corrected chi connectivity index (χ1v) is 9.92. The van der Waals surface area contributed by atoms with Gasteiger partial charge in [0.1, 0.15) is 0 Å². The monoisotopic (exact) mass is 399 g/mol. The summed E-state index contributed by atoms with van der Waals surface area (Å²) >= 11 is 0. The number of anilines is 3. The second kappa shape index (κ2) is 8.19. The van der Waals surface area contributed by atoms with Gasteiger partial charge in [0, 0.05) is 49.2 Å². The maximum atomic E-state index is 13.3. The summed E-state index contributed by atoms with van der Waals surface area (Å²) in [6, 6.07) is 11.0. The Morgan fingerprint density at radius 2 is 1.62 bits per heavy atom. The van der Waals surface area contributed by atoms with Crippen LogP contribution in [0.1, 0.15) is 25.7 Å². The first-order valence-electron chi connectivity index (χ1n) is 9.92. The number of carbonyl (C=O) groups is 2. The third-order valence-electron chi connectivity index (χ3n) is 5.57. The number of amides is 2. The number of hydrogen-bond donors (Lipinski definition) is 1. The highest BCUT2D eigenvalue weighted by Gasteiger charge is 2.35. The lowest BCUT2D eigenvalue weighted by molar-refractivity contribution is -0.122. The molecule has 2 heterocycles. The lowest BCUT2D eigenvalue weighted by Crippen LogP contribution is -2.30. The van der Waals surface area contributed by atoms with E-state index in [0.29, 0.717) is 0 Å². The molecule has 1 unspecified atom stereocenters. The lowest BCUT2D eigenvalue weighted by Gasteiger charge is -2.29. The molecule has 152 valence electrons. The van der Waals surface area contributed by atoms with Gasteiger partial charge in [-0.15, -0.1) is 0 Å². The fourth-order valence-corrected chi connectivity index (χ4v) is 3.95. The topological polar surface area (TPSA) is 52.7 Å². The smallest absolute Gasteiger partial charge is 0.229 e. The third kappa shape index (κ3) is 4.23. The van der Waals surface area contributed by atoms with Crippen LogP contribution in [0.2, 0.25) is 0 Å². The van der Waals surface area contributed by atoms with E-state index in [1.165, 1.54) is 25.3 Å². The Balaban J connectivity index is 1.40. The van der Waals surface area contributed by atoms with Crippen LogP contribution in [0.5, 0.6) is 0 Å². The predicted molar refractivity (Wildman–Crippen MR) is 108 cm³/mol. The Hall–Kier alpha value is -2.96. The number of carbonyl (C=O) groups excluding carboxylic acids is 2. The molecule has 1 N–H and O–H groups in total. The predicted octanol–water partition coefficient (Wildman–Crippen LogP) is 3.95. The van der Waals surface area contributed by atoms with Crippen molar-refractivity contribution in [2.75, 3.05) is 34.8 Å². The van der Waals surface area contributed by atoms with E-state index < -0.39 is 17.6 Å². The van der Waals surface area contributed by atoms with Crippen molar-refractivity contribution in [3.63, 3.8) is 0 Å². The number of piperidine rings is 1. The van der Waals surface area contributed by atoms with Gasteiger partial charge in [-0.25, -0.2) is 8.78 Å². The molecule has 2 amide bonds. The largest absolute Gasteiger partial charge is 0.372 e. The third-order valence-corrected chi connectivity index (χ3v) is 5.57. The average Bonchev–Trinajstić information content (AvgIpc) is 3.13. The summed E-state index contributed by atoms with van der Waals surface area (Å²) in [7, 11) is 0. The molecule has 0 spiro atoms. The summed E-state index contributed by atoms with van der Waals surface area (Å²) in [6.45, 7) is 2.36. The molecule has 1 atom stereocenters. The van der Waals surface area contributed by atoms with E-state index in [4.69, 9.17) is 0 Å². The van der Waals surface area contributed by atoms with Gasteiger partial charge in [0.2, 0.25) is 11.8 Å². The van der Waals surface area contributed by atoms with Crippen molar-refractivity contribution in [2.45, 2.75) is 25.7 Å². The summed E-state index contributed by atoms with van der Waals surface area (Å²) in [6.07, 6.45) is 3.75. The highest BCUT2D eigenvalue weighted by atomic mass is 19.2. The van der Waals surface area contributed by atoms with E-state index in [-0.39, 0.29) is 30.5 Å². The van der Waals surface area contributed by atoms with Crippen LogP contribution in [0.15, 0.2) is 42.5 Å². The molecule has 5 nitrogen and oxygen atoms in total. The van der Waals surface area contributed by atoms with Crippen molar-refractivity contribution in [2.24, 2.45) is 5.92 Å². The van der Waals surface area contributed by atoms with Crippen LogP contribution >= 0.6 is 0 Å². The molecule has 2 aromatic carbocycles. The zero-order chi connectivity index (χ0) is 20.4. The molecule has 2 saturated heterocycles. The van der Waals surface area contributed by atoms with Gasteiger partial charge in [-0.1, -0.05) is 0 Å². The first kappa shape index (κ1) is 19.4. The summed E-state index contributed by atoms with van der Waals surface area (Å²) in [5, 5.41) is 2.57. The van der Waals surface area contributed by atoms with Gasteiger partial charge < -0.3 is 15.1 Å². The molecule has 0 radical (unpaired) electrons. The fraction of sp³-hybridized carbons (Fsp3) is 0.364. The number of nitrogens with zero attached hydrogens (tertiary/aromatic N) is 2. The van der Waals surface area contributed by atoms with Gasteiger partial charge in [0.05, 0.1) is 5.92 Å². The van der Waals surface area contributed by atoms with E-state index in [1.54, 1.807) is 4.90 Å². The summed E-state index contributed by atoms with van der Waals surface area (Å²) in [5.74, 6) is -3.05. The zero-order valence-corrected chi connectivity index (χ0v) is 16.0. The minimum Gasteiger partial charge on any atom is -0.372 e. The molecule has 7 heteroatoms. The van der Waals surface area contributed by atoms with Gasteiger partial charge in [0.15, 0.2) is 11.6 Å². The number of benzene rings is 2. The standard InChI is InChI=1S/C22H23F2N3O2/c23-19-9-4-16(13-20(19)24)25-22(29)15-12-21(28)27(14-15)18-7-5-17(6-8-18)26-10-2-1-3-11-26/h4-9,13,15H,1-3,10-12,14H2,(H,25,29). The van der Waals surface area contributed by atoms with E-state index >= 15 is 0 Å². The molecule has 2 aromatic rings. The molecule has 4 rings (SSSR count). The number of halogens is 2.